The standard InChI is InChI=1S/C56H68N6O2S4/c1-5-9-13-17-33-58-47-28-25-44(38-49(47)60(55(58)65)35-19-15-11-7-3)62(45-26-29-48-50(39-45)61(36-20-16-12-8-4)56(66)59(48)34-18-14-10-6-2)43-23-21-41(22-24-43)51-31-32-53(68-51)52-30-27-46(67-52)37-42(40-57)54(63)64/h21-32,37-39H,5-20,33-36H2,1-4H3,(H,63,64)/b42-37-. The van der Waals surface area contributed by atoms with E-state index in [2.05, 4.69) is 124 Å². The first-order valence-corrected chi connectivity index (χ1v) is 27.6. The number of carbonyl (C=O) groups is 1. The number of nitriles is 1. The first kappa shape index (κ1) is 50.8. The number of aromatic nitrogens is 4. The van der Waals surface area contributed by atoms with Crippen LogP contribution in [0.4, 0.5) is 17.1 Å². The molecule has 0 saturated heterocycles. The zero-order valence-corrected chi connectivity index (χ0v) is 43.7. The van der Waals surface area contributed by atoms with Crippen LogP contribution in [0.15, 0.2) is 90.5 Å². The van der Waals surface area contributed by atoms with Crippen molar-refractivity contribution in [3.05, 3.63) is 105 Å². The van der Waals surface area contributed by atoms with Gasteiger partial charge in [-0.05, 0) is 135 Å². The lowest BCUT2D eigenvalue weighted by Gasteiger charge is -2.26. The number of hydrogen-bond acceptors (Lipinski definition) is 7. The molecule has 0 aliphatic heterocycles. The summed E-state index contributed by atoms with van der Waals surface area (Å²) in [6, 6.07) is 32.7. The third-order valence-electron chi connectivity index (χ3n) is 13.0. The average Bonchev–Trinajstić information content (AvgIpc) is 4.14. The smallest absolute Gasteiger partial charge is 0.346 e. The molecular weight excluding hydrogens is 917 g/mol. The number of hydrogen-bond donors (Lipinski definition) is 1. The molecule has 12 heteroatoms. The molecule has 3 aromatic carbocycles. The molecule has 7 rings (SSSR count). The summed E-state index contributed by atoms with van der Waals surface area (Å²) in [6.45, 7) is 12.7. The molecule has 0 aliphatic rings. The highest BCUT2D eigenvalue weighted by atomic mass is 32.1. The summed E-state index contributed by atoms with van der Waals surface area (Å²) in [7, 11) is 0. The molecule has 0 radical (unpaired) electrons. The van der Waals surface area contributed by atoms with Crippen molar-refractivity contribution >= 4 is 98.3 Å². The zero-order valence-electron chi connectivity index (χ0n) is 40.5. The molecule has 4 aromatic heterocycles. The van der Waals surface area contributed by atoms with Gasteiger partial charge in [0.1, 0.15) is 11.6 Å². The fourth-order valence-corrected chi connectivity index (χ4v) is 12.1. The van der Waals surface area contributed by atoms with Crippen molar-refractivity contribution in [1.82, 2.24) is 18.3 Å². The fraction of sp³-hybridized carbons (Fsp3) is 0.429. The lowest BCUT2D eigenvalue weighted by Crippen LogP contribution is -2.10. The van der Waals surface area contributed by atoms with Crippen LogP contribution in [-0.4, -0.2) is 29.3 Å². The van der Waals surface area contributed by atoms with Crippen LogP contribution < -0.4 is 4.90 Å². The van der Waals surface area contributed by atoms with Gasteiger partial charge in [-0.25, -0.2) is 4.79 Å². The highest BCUT2D eigenvalue weighted by Crippen LogP contribution is 2.42. The molecular formula is C56H68N6O2S4. The van der Waals surface area contributed by atoms with Gasteiger partial charge in [0.15, 0.2) is 9.54 Å². The molecule has 68 heavy (non-hydrogen) atoms. The van der Waals surface area contributed by atoms with E-state index in [0.717, 1.165) is 104 Å². The molecule has 358 valence electrons. The number of rotatable bonds is 27. The minimum Gasteiger partial charge on any atom is -0.477 e. The van der Waals surface area contributed by atoms with E-state index in [0.29, 0.717) is 0 Å². The second kappa shape index (κ2) is 25.0. The van der Waals surface area contributed by atoms with Crippen molar-refractivity contribution in [2.75, 3.05) is 4.90 Å². The van der Waals surface area contributed by atoms with Gasteiger partial charge in [0.2, 0.25) is 0 Å². The topological polar surface area (TPSA) is 84.1 Å². The highest BCUT2D eigenvalue weighted by molar-refractivity contribution is 7.71. The van der Waals surface area contributed by atoms with Crippen LogP contribution in [0.2, 0.25) is 0 Å². The minimum atomic E-state index is -1.22. The van der Waals surface area contributed by atoms with E-state index in [1.807, 2.05) is 12.1 Å². The average molecular weight is 985 g/mol. The van der Waals surface area contributed by atoms with Crippen LogP contribution in [0.1, 0.15) is 135 Å². The number of aryl methyl sites for hydroxylation is 4. The predicted molar refractivity (Wildman–Crippen MR) is 294 cm³/mol. The molecule has 0 aliphatic carbocycles. The maximum Gasteiger partial charge on any atom is 0.346 e. The van der Waals surface area contributed by atoms with E-state index in [1.165, 1.54) is 117 Å². The number of aliphatic carboxylic acids is 1. The maximum atomic E-state index is 11.5. The molecule has 0 fully saturated rings. The van der Waals surface area contributed by atoms with Crippen molar-refractivity contribution in [1.29, 1.82) is 5.26 Å². The normalized spacial score (nSPS) is 11.8. The van der Waals surface area contributed by atoms with Gasteiger partial charge in [0.25, 0.3) is 0 Å². The van der Waals surface area contributed by atoms with Gasteiger partial charge in [-0.3, -0.25) is 0 Å². The quantitative estimate of drug-likeness (QED) is 0.0239. The molecule has 8 nitrogen and oxygen atoms in total. The van der Waals surface area contributed by atoms with Crippen LogP contribution in [0, 0.1) is 20.9 Å². The van der Waals surface area contributed by atoms with Gasteiger partial charge in [0.05, 0.1) is 22.1 Å². The maximum absolute atomic E-state index is 11.5. The second-order valence-corrected chi connectivity index (χ2v) is 20.9. The Hall–Kier alpha value is -5.06. The number of carboxylic acid groups (broad SMARTS) is 1. The van der Waals surface area contributed by atoms with Crippen molar-refractivity contribution in [2.24, 2.45) is 0 Å². The van der Waals surface area contributed by atoms with E-state index < -0.39 is 5.97 Å². The number of fused-ring (bicyclic) bond motifs is 2. The summed E-state index contributed by atoms with van der Waals surface area (Å²) >= 11 is 15.8. The van der Waals surface area contributed by atoms with E-state index in [-0.39, 0.29) is 5.57 Å². The summed E-state index contributed by atoms with van der Waals surface area (Å²) in [5.74, 6) is -1.22. The Morgan fingerprint density at radius 2 is 0.956 bits per heavy atom. The van der Waals surface area contributed by atoms with Crippen molar-refractivity contribution < 1.29 is 9.90 Å². The van der Waals surface area contributed by atoms with Gasteiger partial charge in [-0.1, -0.05) is 117 Å². The Balaban J connectivity index is 1.32. The van der Waals surface area contributed by atoms with Gasteiger partial charge in [-0.15, -0.1) is 22.7 Å². The third kappa shape index (κ3) is 12.0. The molecule has 0 saturated carbocycles. The molecule has 4 heterocycles. The first-order chi connectivity index (χ1) is 33.2. The molecule has 7 aromatic rings. The molecule has 0 unspecified atom stereocenters. The Morgan fingerprint density at radius 3 is 1.40 bits per heavy atom. The van der Waals surface area contributed by atoms with Gasteiger partial charge >= 0.3 is 5.97 Å². The van der Waals surface area contributed by atoms with Crippen molar-refractivity contribution in [3.63, 3.8) is 0 Å². The predicted octanol–water partition coefficient (Wildman–Crippen LogP) is 17.9. The highest BCUT2D eigenvalue weighted by Gasteiger charge is 2.20. The van der Waals surface area contributed by atoms with Gasteiger partial charge < -0.3 is 28.3 Å². The number of anilines is 3. The van der Waals surface area contributed by atoms with Crippen LogP contribution in [0.3, 0.4) is 0 Å². The number of carboxylic acids is 1. The SMILES string of the molecule is CCCCCCn1c(=S)n(CCCCCC)c2cc(N(c3ccc(-c4ccc(-c5ccc(/C=C(/C#N)C(=O)O)s5)s4)cc3)c3ccc4c(c3)n(CCCCCC)c(=S)n4CCCCCC)ccc21. The lowest BCUT2D eigenvalue weighted by molar-refractivity contribution is -0.132. The van der Waals surface area contributed by atoms with Crippen LogP contribution >= 0.6 is 47.1 Å². The third-order valence-corrected chi connectivity index (χ3v) is 16.2. The summed E-state index contributed by atoms with van der Waals surface area (Å²) < 4.78 is 11.4. The molecule has 0 amide bonds. The summed E-state index contributed by atoms with van der Waals surface area (Å²) in [5.41, 5.74) is 8.84. The zero-order chi connectivity index (χ0) is 48.0. The number of unbranched alkanes of at least 4 members (excludes halogenated alkanes) is 12. The summed E-state index contributed by atoms with van der Waals surface area (Å²) in [4.78, 5) is 17.9. The monoisotopic (exact) mass is 984 g/mol. The van der Waals surface area contributed by atoms with Crippen molar-refractivity contribution in [3.8, 4) is 26.3 Å². The largest absolute Gasteiger partial charge is 0.477 e. The summed E-state index contributed by atoms with van der Waals surface area (Å²) in [5, 5.41) is 18.6. The molecule has 1 N–H and O–H groups in total. The fourth-order valence-electron chi connectivity index (χ4n) is 9.24. The number of thiophene rings is 2. The molecule has 0 bridgehead atoms. The molecule has 0 spiro atoms. The Morgan fingerprint density at radius 1 is 0.544 bits per heavy atom. The van der Waals surface area contributed by atoms with E-state index in [1.54, 1.807) is 17.4 Å². The second-order valence-electron chi connectivity index (χ2n) is 18.0. The summed E-state index contributed by atoms with van der Waals surface area (Å²) in [6.07, 6.45) is 20.4. The van der Waals surface area contributed by atoms with E-state index in [4.69, 9.17) is 24.4 Å². The van der Waals surface area contributed by atoms with Crippen molar-refractivity contribution in [2.45, 2.75) is 157 Å². The van der Waals surface area contributed by atoms with Crippen LogP contribution in [-0.2, 0) is 31.0 Å². The van der Waals surface area contributed by atoms with Gasteiger partial charge in [0, 0.05) is 62.7 Å². The number of benzene rings is 3. The Kier molecular flexibility index (Phi) is 18.7. The number of imidazole rings is 2. The Bertz CT molecular complexity index is 2850. The minimum absolute atomic E-state index is 0.273. The van der Waals surface area contributed by atoms with E-state index >= 15 is 0 Å². The first-order valence-electron chi connectivity index (χ1n) is 25.1. The van der Waals surface area contributed by atoms with E-state index in [9.17, 15) is 15.2 Å². The Labute approximate surface area is 421 Å². The lowest BCUT2D eigenvalue weighted by atomic mass is 10.1. The molecule has 0 atom stereocenters. The van der Waals surface area contributed by atoms with Crippen LogP contribution in [0.25, 0.3) is 48.3 Å². The number of nitrogens with zero attached hydrogens (tertiary/aromatic N) is 6. The van der Waals surface area contributed by atoms with Crippen LogP contribution in [0.5, 0.6) is 0 Å². The van der Waals surface area contributed by atoms with Gasteiger partial charge in [-0.2, -0.15) is 5.26 Å².